The van der Waals surface area contributed by atoms with E-state index in [1.54, 1.807) is 42.3 Å². The van der Waals surface area contributed by atoms with Gasteiger partial charge in [0.15, 0.2) is 0 Å². The van der Waals surface area contributed by atoms with Crippen LogP contribution in [0.15, 0.2) is 36.9 Å². The Balaban J connectivity index is 2.66. The first-order valence-corrected chi connectivity index (χ1v) is 5.96. The molecule has 0 aliphatic rings. The largest absolute Gasteiger partial charge is 0.366 e. The molecule has 102 valence electrons. The van der Waals surface area contributed by atoms with Crippen molar-refractivity contribution >= 4 is 11.8 Å². The molecule has 4 N–H and O–H groups in total. The van der Waals surface area contributed by atoms with Crippen LogP contribution in [0.5, 0.6) is 0 Å². The zero-order valence-electron chi connectivity index (χ0n) is 11.0. The van der Waals surface area contributed by atoms with Gasteiger partial charge in [-0.25, -0.2) is 0 Å². The van der Waals surface area contributed by atoms with Gasteiger partial charge in [0.1, 0.15) is 0 Å². The molecule has 0 saturated carbocycles. The SMILES string of the molecule is C=CCC(N)C(=O)N(C)Cc1ccc(C(N)=O)cc1. The lowest BCUT2D eigenvalue weighted by molar-refractivity contribution is -0.131. The fraction of sp³-hybridized carbons (Fsp3) is 0.286. The van der Waals surface area contributed by atoms with Gasteiger partial charge in [0.2, 0.25) is 11.8 Å². The van der Waals surface area contributed by atoms with E-state index in [9.17, 15) is 9.59 Å². The number of amides is 2. The molecule has 0 bridgehead atoms. The highest BCUT2D eigenvalue weighted by molar-refractivity contribution is 5.92. The Morgan fingerprint density at radius 2 is 1.95 bits per heavy atom. The third-order valence-electron chi connectivity index (χ3n) is 2.77. The van der Waals surface area contributed by atoms with Crippen LogP contribution >= 0.6 is 0 Å². The average molecular weight is 261 g/mol. The summed E-state index contributed by atoms with van der Waals surface area (Å²) in [6.45, 7) is 3.99. The van der Waals surface area contributed by atoms with Gasteiger partial charge in [-0.1, -0.05) is 18.2 Å². The van der Waals surface area contributed by atoms with Crippen molar-refractivity contribution in [1.82, 2.24) is 4.90 Å². The minimum Gasteiger partial charge on any atom is -0.366 e. The fourth-order valence-electron chi connectivity index (χ4n) is 1.69. The van der Waals surface area contributed by atoms with Crippen molar-refractivity contribution in [3.05, 3.63) is 48.0 Å². The second-order valence-corrected chi connectivity index (χ2v) is 4.39. The van der Waals surface area contributed by atoms with Crippen LogP contribution in [0.1, 0.15) is 22.3 Å². The summed E-state index contributed by atoms with van der Waals surface area (Å²) in [5, 5.41) is 0. The van der Waals surface area contributed by atoms with Gasteiger partial charge in [-0.2, -0.15) is 0 Å². The van der Waals surface area contributed by atoms with Gasteiger partial charge in [-0.15, -0.1) is 6.58 Å². The molecule has 1 unspecified atom stereocenters. The topological polar surface area (TPSA) is 89.4 Å². The highest BCUT2D eigenvalue weighted by Gasteiger charge is 2.16. The van der Waals surface area contributed by atoms with E-state index in [1.807, 2.05) is 0 Å². The summed E-state index contributed by atoms with van der Waals surface area (Å²) in [6, 6.07) is 6.25. The molecular formula is C14H19N3O2. The van der Waals surface area contributed by atoms with Crippen LogP contribution in [0.2, 0.25) is 0 Å². The molecule has 1 aromatic rings. The predicted molar refractivity (Wildman–Crippen MR) is 74.2 cm³/mol. The molecule has 5 heteroatoms. The van der Waals surface area contributed by atoms with E-state index in [2.05, 4.69) is 6.58 Å². The van der Waals surface area contributed by atoms with Gasteiger partial charge < -0.3 is 16.4 Å². The molecule has 0 radical (unpaired) electrons. The van der Waals surface area contributed by atoms with E-state index in [4.69, 9.17) is 11.5 Å². The van der Waals surface area contributed by atoms with Crippen molar-refractivity contribution in [2.45, 2.75) is 19.0 Å². The van der Waals surface area contributed by atoms with Crippen LogP contribution < -0.4 is 11.5 Å². The number of nitrogens with two attached hydrogens (primary N) is 2. The monoisotopic (exact) mass is 261 g/mol. The maximum atomic E-state index is 11.9. The lowest BCUT2D eigenvalue weighted by atomic mass is 10.1. The average Bonchev–Trinajstić information content (AvgIpc) is 2.38. The number of benzene rings is 1. The number of primary amides is 1. The standard InChI is InChI=1S/C14H19N3O2/c1-3-4-12(15)14(19)17(2)9-10-5-7-11(8-6-10)13(16)18/h3,5-8,12H,1,4,9,15H2,2H3,(H2,16,18). The molecular weight excluding hydrogens is 242 g/mol. The Labute approximate surface area is 112 Å². The van der Waals surface area contributed by atoms with Crippen molar-refractivity contribution in [3.63, 3.8) is 0 Å². The quantitative estimate of drug-likeness (QED) is 0.737. The van der Waals surface area contributed by atoms with Gasteiger partial charge >= 0.3 is 0 Å². The number of hydrogen-bond donors (Lipinski definition) is 2. The normalized spacial score (nSPS) is 11.7. The van der Waals surface area contributed by atoms with E-state index < -0.39 is 11.9 Å². The van der Waals surface area contributed by atoms with Crippen molar-refractivity contribution in [3.8, 4) is 0 Å². The molecule has 1 atom stereocenters. The number of rotatable bonds is 6. The predicted octanol–water partition coefficient (Wildman–Crippen LogP) is 0.647. The minimum absolute atomic E-state index is 0.140. The minimum atomic E-state index is -0.563. The molecule has 0 spiro atoms. The summed E-state index contributed by atoms with van der Waals surface area (Å²) in [6.07, 6.45) is 2.07. The Hall–Kier alpha value is -2.14. The highest BCUT2D eigenvalue weighted by Crippen LogP contribution is 2.07. The van der Waals surface area contributed by atoms with Crippen LogP contribution in [0, 0.1) is 0 Å². The molecule has 1 aromatic carbocycles. The maximum Gasteiger partial charge on any atom is 0.248 e. The van der Waals surface area contributed by atoms with Crippen molar-refractivity contribution < 1.29 is 9.59 Å². The summed E-state index contributed by atoms with van der Waals surface area (Å²) in [7, 11) is 1.69. The first kappa shape index (κ1) is 14.9. The molecule has 0 aliphatic heterocycles. The molecule has 19 heavy (non-hydrogen) atoms. The van der Waals surface area contributed by atoms with Crippen molar-refractivity contribution in [2.24, 2.45) is 11.5 Å². The third kappa shape index (κ3) is 4.22. The summed E-state index contributed by atoms with van der Waals surface area (Å²) in [5.41, 5.74) is 12.2. The van der Waals surface area contributed by atoms with Gasteiger partial charge in [-0.05, 0) is 24.1 Å². The van der Waals surface area contributed by atoms with Gasteiger partial charge in [0.05, 0.1) is 6.04 Å². The van der Waals surface area contributed by atoms with E-state index >= 15 is 0 Å². The zero-order valence-corrected chi connectivity index (χ0v) is 11.0. The molecule has 0 heterocycles. The summed E-state index contributed by atoms with van der Waals surface area (Å²) in [5.74, 6) is -0.608. The lowest BCUT2D eigenvalue weighted by Crippen LogP contribution is -2.41. The molecule has 0 aromatic heterocycles. The first-order valence-electron chi connectivity index (χ1n) is 5.96. The fourth-order valence-corrected chi connectivity index (χ4v) is 1.69. The molecule has 2 amide bonds. The molecule has 1 rings (SSSR count). The summed E-state index contributed by atoms with van der Waals surface area (Å²) in [4.78, 5) is 24.4. The molecule has 0 saturated heterocycles. The van der Waals surface area contributed by atoms with Crippen LogP contribution in [-0.2, 0) is 11.3 Å². The van der Waals surface area contributed by atoms with E-state index in [1.165, 1.54) is 0 Å². The van der Waals surface area contributed by atoms with E-state index in [0.717, 1.165) is 5.56 Å². The highest BCUT2D eigenvalue weighted by atomic mass is 16.2. The Morgan fingerprint density at radius 3 is 2.42 bits per heavy atom. The summed E-state index contributed by atoms with van der Waals surface area (Å²) >= 11 is 0. The lowest BCUT2D eigenvalue weighted by Gasteiger charge is -2.20. The maximum absolute atomic E-state index is 11.9. The second-order valence-electron chi connectivity index (χ2n) is 4.39. The van der Waals surface area contributed by atoms with Crippen LogP contribution in [-0.4, -0.2) is 29.8 Å². The van der Waals surface area contributed by atoms with Crippen LogP contribution in [0.4, 0.5) is 0 Å². The molecule has 0 aliphatic carbocycles. The van der Waals surface area contributed by atoms with Gasteiger partial charge in [-0.3, -0.25) is 9.59 Å². The Kier molecular flexibility index (Phi) is 5.26. The van der Waals surface area contributed by atoms with Crippen molar-refractivity contribution in [2.75, 3.05) is 7.05 Å². The third-order valence-corrected chi connectivity index (χ3v) is 2.77. The number of likely N-dealkylation sites (N-methyl/N-ethyl adjacent to an activating group) is 1. The van der Waals surface area contributed by atoms with E-state index in [0.29, 0.717) is 18.5 Å². The molecule has 0 fully saturated rings. The van der Waals surface area contributed by atoms with Crippen LogP contribution in [0.3, 0.4) is 0 Å². The number of hydrogen-bond acceptors (Lipinski definition) is 3. The Bertz CT molecular complexity index is 468. The second kappa shape index (κ2) is 6.70. The zero-order chi connectivity index (χ0) is 14.4. The number of carbonyl (C=O) groups excluding carboxylic acids is 2. The first-order chi connectivity index (χ1) is 8.95. The Morgan fingerprint density at radius 1 is 1.37 bits per heavy atom. The van der Waals surface area contributed by atoms with Gasteiger partial charge in [0.25, 0.3) is 0 Å². The number of nitrogens with zero attached hydrogens (tertiary/aromatic N) is 1. The van der Waals surface area contributed by atoms with Crippen LogP contribution in [0.25, 0.3) is 0 Å². The van der Waals surface area contributed by atoms with Crippen molar-refractivity contribution in [1.29, 1.82) is 0 Å². The smallest absolute Gasteiger partial charge is 0.248 e. The molecule has 5 nitrogen and oxygen atoms in total. The van der Waals surface area contributed by atoms with E-state index in [-0.39, 0.29) is 5.91 Å². The number of carbonyl (C=O) groups is 2. The van der Waals surface area contributed by atoms with Gasteiger partial charge in [0, 0.05) is 19.2 Å². The summed E-state index contributed by atoms with van der Waals surface area (Å²) < 4.78 is 0.